The van der Waals surface area contributed by atoms with Crippen LogP contribution in [-0.2, 0) is 17.9 Å². The van der Waals surface area contributed by atoms with Crippen molar-refractivity contribution in [2.24, 2.45) is 0 Å². The highest BCUT2D eigenvalue weighted by molar-refractivity contribution is 6.35. The number of hydrogen-bond donors (Lipinski definition) is 1. The molecule has 4 nitrogen and oxygen atoms in total. The van der Waals surface area contributed by atoms with Crippen molar-refractivity contribution >= 4 is 34.9 Å². The van der Waals surface area contributed by atoms with Gasteiger partial charge in [-0.1, -0.05) is 29.3 Å². The van der Waals surface area contributed by atoms with Crippen molar-refractivity contribution < 1.29 is 9.53 Å². The van der Waals surface area contributed by atoms with E-state index in [1.807, 2.05) is 6.92 Å². The zero-order valence-electron chi connectivity index (χ0n) is 10.9. The second kappa shape index (κ2) is 6.20. The monoisotopic (exact) mass is 312 g/mol. The van der Waals surface area contributed by atoms with Crippen LogP contribution < -0.4 is 5.73 Å². The highest BCUT2D eigenvalue weighted by atomic mass is 35.5. The van der Waals surface area contributed by atoms with Crippen LogP contribution >= 0.6 is 23.2 Å². The maximum atomic E-state index is 12.0. The molecule has 20 heavy (non-hydrogen) atoms. The number of halogens is 2. The lowest BCUT2D eigenvalue weighted by Gasteiger charge is -2.09. The van der Waals surface area contributed by atoms with Crippen molar-refractivity contribution in [1.82, 2.24) is 4.57 Å². The van der Waals surface area contributed by atoms with Crippen LogP contribution in [0.15, 0.2) is 30.5 Å². The molecule has 1 aromatic heterocycles. The lowest BCUT2D eigenvalue weighted by molar-refractivity contribution is 0.0460. The molecule has 106 valence electrons. The van der Waals surface area contributed by atoms with E-state index < -0.39 is 5.97 Å². The Morgan fingerprint density at radius 3 is 2.60 bits per heavy atom. The molecule has 1 heterocycles. The first kappa shape index (κ1) is 14.8. The van der Waals surface area contributed by atoms with Gasteiger partial charge in [-0.3, -0.25) is 0 Å². The molecule has 0 aliphatic carbocycles. The fourth-order valence-corrected chi connectivity index (χ4v) is 2.35. The summed E-state index contributed by atoms with van der Waals surface area (Å²) in [6, 6.07) is 6.71. The largest absolute Gasteiger partial charge is 0.456 e. The van der Waals surface area contributed by atoms with E-state index in [0.29, 0.717) is 33.5 Å². The van der Waals surface area contributed by atoms with Crippen LogP contribution in [0.4, 0.5) is 5.69 Å². The molecule has 0 spiro atoms. The third-order valence-corrected chi connectivity index (χ3v) is 3.59. The van der Waals surface area contributed by atoms with Crippen molar-refractivity contribution in [2.45, 2.75) is 20.1 Å². The van der Waals surface area contributed by atoms with Crippen molar-refractivity contribution in [3.8, 4) is 0 Å². The van der Waals surface area contributed by atoms with Crippen LogP contribution in [0.25, 0.3) is 0 Å². The fourth-order valence-electron chi connectivity index (χ4n) is 1.85. The SMILES string of the molecule is CCn1cc(N)cc1C(=O)OCc1c(Cl)cccc1Cl. The number of carbonyl (C=O) groups excluding carboxylic acids is 1. The summed E-state index contributed by atoms with van der Waals surface area (Å²) in [5.41, 5.74) is 7.20. The fraction of sp³-hybridized carbons (Fsp3) is 0.214. The summed E-state index contributed by atoms with van der Waals surface area (Å²) in [7, 11) is 0. The van der Waals surface area contributed by atoms with Crippen LogP contribution in [0, 0.1) is 0 Å². The number of ether oxygens (including phenoxy) is 1. The number of anilines is 1. The Morgan fingerprint density at radius 2 is 2.00 bits per heavy atom. The lowest BCUT2D eigenvalue weighted by Crippen LogP contribution is -2.11. The summed E-state index contributed by atoms with van der Waals surface area (Å²) in [6.45, 7) is 2.57. The van der Waals surface area contributed by atoms with Crippen LogP contribution in [0.5, 0.6) is 0 Å². The Hall–Kier alpha value is -1.65. The number of rotatable bonds is 4. The molecule has 0 radical (unpaired) electrons. The van der Waals surface area contributed by atoms with E-state index in [1.54, 1.807) is 35.0 Å². The van der Waals surface area contributed by atoms with Crippen LogP contribution in [0.1, 0.15) is 23.0 Å². The van der Waals surface area contributed by atoms with Gasteiger partial charge in [0.05, 0.1) is 5.69 Å². The summed E-state index contributed by atoms with van der Waals surface area (Å²) in [5, 5.41) is 0.936. The number of nitrogens with zero attached hydrogens (tertiary/aromatic N) is 1. The number of carbonyl (C=O) groups is 1. The number of benzene rings is 1. The molecule has 0 amide bonds. The Labute approximate surface area is 127 Å². The van der Waals surface area contributed by atoms with Crippen molar-refractivity contribution in [3.05, 3.63) is 51.8 Å². The van der Waals surface area contributed by atoms with E-state index in [9.17, 15) is 4.79 Å². The van der Waals surface area contributed by atoms with E-state index in [-0.39, 0.29) is 6.61 Å². The summed E-state index contributed by atoms with van der Waals surface area (Å²) in [4.78, 5) is 12.0. The second-order valence-corrected chi connectivity index (χ2v) is 5.04. The first-order valence-corrected chi connectivity index (χ1v) is 6.84. The molecule has 0 aliphatic rings. The number of nitrogen functional groups attached to an aromatic ring is 1. The predicted octanol–water partition coefficient (Wildman–Crippen LogP) is 3.75. The van der Waals surface area contributed by atoms with E-state index in [2.05, 4.69) is 0 Å². The molecular weight excluding hydrogens is 299 g/mol. The Kier molecular flexibility index (Phi) is 4.57. The number of aromatic nitrogens is 1. The molecule has 0 saturated carbocycles. The molecule has 0 saturated heterocycles. The average molecular weight is 313 g/mol. The van der Waals surface area contributed by atoms with Crippen LogP contribution in [-0.4, -0.2) is 10.5 Å². The van der Waals surface area contributed by atoms with Crippen molar-refractivity contribution in [3.63, 3.8) is 0 Å². The standard InChI is InChI=1S/C14H14Cl2N2O2/c1-2-18-7-9(17)6-13(18)14(19)20-8-10-11(15)4-3-5-12(10)16/h3-7H,2,8,17H2,1H3. The minimum Gasteiger partial charge on any atom is -0.456 e. The van der Waals surface area contributed by atoms with Crippen molar-refractivity contribution in [1.29, 1.82) is 0 Å². The average Bonchev–Trinajstić information content (AvgIpc) is 2.79. The maximum Gasteiger partial charge on any atom is 0.355 e. The molecule has 0 fully saturated rings. The number of esters is 1. The van der Waals surface area contributed by atoms with Gasteiger partial charge in [-0.05, 0) is 25.1 Å². The third-order valence-electron chi connectivity index (χ3n) is 2.88. The molecule has 0 bridgehead atoms. The first-order chi connectivity index (χ1) is 9.52. The zero-order chi connectivity index (χ0) is 14.7. The van der Waals surface area contributed by atoms with E-state index in [0.717, 1.165) is 0 Å². The molecule has 6 heteroatoms. The number of aryl methyl sites for hydroxylation is 1. The van der Waals surface area contributed by atoms with Crippen LogP contribution in [0.3, 0.4) is 0 Å². The van der Waals surface area contributed by atoms with Gasteiger partial charge in [-0.2, -0.15) is 0 Å². The summed E-state index contributed by atoms with van der Waals surface area (Å²) < 4.78 is 6.98. The predicted molar refractivity (Wildman–Crippen MR) is 80.1 cm³/mol. The van der Waals surface area contributed by atoms with Crippen LogP contribution in [0.2, 0.25) is 10.0 Å². The molecule has 2 rings (SSSR count). The maximum absolute atomic E-state index is 12.0. The van der Waals surface area contributed by atoms with Gasteiger partial charge in [0.25, 0.3) is 0 Å². The molecule has 0 atom stereocenters. The second-order valence-electron chi connectivity index (χ2n) is 4.22. The summed E-state index contributed by atoms with van der Waals surface area (Å²) in [5.74, 6) is -0.459. The van der Waals surface area contributed by atoms with Gasteiger partial charge in [0.2, 0.25) is 0 Å². The molecule has 1 aromatic carbocycles. The topological polar surface area (TPSA) is 57.2 Å². The molecule has 2 aromatic rings. The van der Waals surface area contributed by atoms with Gasteiger partial charge in [0.15, 0.2) is 0 Å². The number of nitrogens with two attached hydrogens (primary N) is 1. The Bertz CT molecular complexity index is 618. The van der Waals surface area contributed by atoms with Gasteiger partial charge in [0.1, 0.15) is 12.3 Å². The quantitative estimate of drug-likeness (QED) is 0.875. The van der Waals surface area contributed by atoms with Gasteiger partial charge >= 0.3 is 5.97 Å². The Balaban J connectivity index is 2.13. The van der Waals surface area contributed by atoms with E-state index in [4.69, 9.17) is 33.7 Å². The summed E-state index contributed by atoms with van der Waals surface area (Å²) >= 11 is 12.0. The molecule has 2 N–H and O–H groups in total. The summed E-state index contributed by atoms with van der Waals surface area (Å²) in [6.07, 6.45) is 1.69. The van der Waals surface area contributed by atoms with Gasteiger partial charge in [-0.15, -0.1) is 0 Å². The minimum absolute atomic E-state index is 0.0200. The zero-order valence-corrected chi connectivity index (χ0v) is 12.4. The van der Waals surface area contributed by atoms with E-state index in [1.165, 1.54) is 0 Å². The molecule has 0 unspecified atom stereocenters. The molecular formula is C14H14Cl2N2O2. The normalized spacial score (nSPS) is 10.6. The minimum atomic E-state index is -0.459. The van der Waals surface area contributed by atoms with Crippen molar-refractivity contribution in [2.75, 3.05) is 5.73 Å². The van der Waals surface area contributed by atoms with Gasteiger partial charge < -0.3 is 15.0 Å². The van der Waals surface area contributed by atoms with Gasteiger partial charge in [-0.25, -0.2) is 4.79 Å². The molecule has 0 aliphatic heterocycles. The number of hydrogen-bond acceptors (Lipinski definition) is 3. The first-order valence-electron chi connectivity index (χ1n) is 6.08. The third kappa shape index (κ3) is 3.08. The lowest BCUT2D eigenvalue weighted by atomic mass is 10.2. The van der Waals surface area contributed by atoms with Gasteiger partial charge in [0, 0.05) is 28.4 Å². The highest BCUT2D eigenvalue weighted by Gasteiger charge is 2.15. The Morgan fingerprint density at radius 1 is 1.35 bits per heavy atom. The highest BCUT2D eigenvalue weighted by Crippen LogP contribution is 2.25. The smallest absolute Gasteiger partial charge is 0.355 e. The van der Waals surface area contributed by atoms with E-state index >= 15 is 0 Å².